The van der Waals surface area contributed by atoms with Crippen LogP contribution in [0.4, 0.5) is 0 Å². The Morgan fingerprint density at radius 3 is 2.33 bits per heavy atom. The van der Waals surface area contributed by atoms with Gasteiger partial charge in [-0.15, -0.1) is 0 Å². The largest absolute Gasteiger partial charge is 0.395 e. The molecule has 0 aromatic rings. The van der Waals surface area contributed by atoms with Gasteiger partial charge in [-0.25, -0.2) is 0 Å². The van der Waals surface area contributed by atoms with Gasteiger partial charge < -0.3 is 15.7 Å². The quantitative estimate of drug-likeness (QED) is 0.607. The smallest absolute Gasteiger partial charge is 0.242 e. The minimum atomic E-state index is -0.842. The first kappa shape index (κ1) is 11.4. The lowest BCUT2D eigenvalue weighted by molar-refractivity contribution is -0.136. The van der Waals surface area contributed by atoms with Crippen molar-refractivity contribution in [1.29, 1.82) is 0 Å². The van der Waals surface area contributed by atoms with Gasteiger partial charge in [-0.05, 0) is 20.8 Å². The summed E-state index contributed by atoms with van der Waals surface area (Å²) in [4.78, 5) is 13.0. The summed E-state index contributed by atoms with van der Waals surface area (Å²) in [6.07, 6.45) is 0. The predicted molar refractivity (Wildman–Crippen MR) is 47.6 cm³/mol. The maximum atomic E-state index is 11.5. The Balaban J connectivity index is 4.22. The third kappa shape index (κ3) is 3.19. The fourth-order valence-corrected chi connectivity index (χ4v) is 0.931. The van der Waals surface area contributed by atoms with Gasteiger partial charge in [0.2, 0.25) is 5.91 Å². The molecule has 0 aliphatic heterocycles. The molecule has 0 spiro atoms. The molecular weight excluding hydrogens is 156 g/mol. The fraction of sp³-hybridized carbons (Fsp3) is 0.875. The highest BCUT2D eigenvalue weighted by Gasteiger charge is 2.26. The molecule has 0 aromatic carbocycles. The van der Waals surface area contributed by atoms with Gasteiger partial charge in [0.25, 0.3) is 0 Å². The number of hydrogen-bond donors (Lipinski definition) is 2. The SMILES string of the molecule is CCN(CCO)C(=O)C(C)(C)N. The van der Waals surface area contributed by atoms with Crippen molar-refractivity contribution in [1.82, 2.24) is 4.90 Å². The van der Waals surface area contributed by atoms with E-state index in [0.717, 1.165) is 0 Å². The first-order valence-electron chi connectivity index (χ1n) is 4.12. The maximum Gasteiger partial charge on any atom is 0.242 e. The average Bonchev–Trinajstić information content (AvgIpc) is 1.97. The molecule has 4 nitrogen and oxygen atoms in total. The minimum absolute atomic E-state index is 0.0182. The molecule has 3 N–H and O–H groups in total. The van der Waals surface area contributed by atoms with Crippen molar-refractivity contribution in [2.75, 3.05) is 19.7 Å². The van der Waals surface area contributed by atoms with Crippen LogP contribution in [0.25, 0.3) is 0 Å². The number of rotatable bonds is 4. The molecule has 0 saturated carbocycles. The highest BCUT2D eigenvalue weighted by Crippen LogP contribution is 2.03. The van der Waals surface area contributed by atoms with Crippen LogP contribution in [0, 0.1) is 0 Å². The van der Waals surface area contributed by atoms with E-state index in [1.54, 1.807) is 18.7 Å². The van der Waals surface area contributed by atoms with E-state index >= 15 is 0 Å². The average molecular weight is 174 g/mol. The van der Waals surface area contributed by atoms with Crippen LogP contribution >= 0.6 is 0 Å². The summed E-state index contributed by atoms with van der Waals surface area (Å²) in [6, 6.07) is 0. The van der Waals surface area contributed by atoms with Crippen molar-refractivity contribution in [3.05, 3.63) is 0 Å². The Bertz CT molecular complexity index is 152. The molecule has 0 bridgehead atoms. The second kappa shape index (κ2) is 4.42. The molecule has 0 aliphatic rings. The van der Waals surface area contributed by atoms with Crippen molar-refractivity contribution in [2.45, 2.75) is 26.3 Å². The normalized spacial score (nSPS) is 11.4. The Morgan fingerprint density at radius 1 is 1.58 bits per heavy atom. The number of nitrogens with zero attached hydrogens (tertiary/aromatic N) is 1. The summed E-state index contributed by atoms with van der Waals surface area (Å²) in [5.74, 6) is -0.126. The molecule has 1 amide bonds. The van der Waals surface area contributed by atoms with E-state index in [1.807, 2.05) is 6.92 Å². The number of carbonyl (C=O) groups is 1. The number of nitrogens with two attached hydrogens (primary N) is 1. The number of amides is 1. The fourth-order valence-electron chi connectivity index (χ4n) is 0.931. The highest BCUT2D eigenvalue weighted by molar-refractivity contribution is 5.85. The summed E-state index contributed by atoms with van der Waals surface area (Å²) in [7, 11) is 0. The van der Waals surface area contributed by atoms with Crippen LogP contribution in [0.1, 0.15) is 20.8 Å². The Labute approximate surface area is 73.3 Å². The zero-order valence-corrected chi connectivity index (χ0v) is 8.00. The van der Waals surface area contributed by atoms with Gasteiger partial charge in [0.1, 0.15) is 0 Å². The third-order valence-electron chi connectivity index (χ3n) is 1.59. The monoisotopic (exact) mass is 174 g/mol. The molecule has 0 radical (unpaired) electrons. The van der Waals surface area contributed by atoms with Crippen LogP contribution in [-0.2, 0) is 4.79 Å². The van der Waals surface area contributed by atoms with E-state index in [0.29, 0.717) is 13.1 Å². The zero-order chi connectivity index (χ0) is 9.78. The Morgan fingerprint density at radius 2 is 2.08 bits per heavy atom. The molecule has 0 saturated heterocycles. The Kier molecular flexibility index (Phi) is 4.20. The minimum Gasteiger partial charge on any atom is -0.395 e. The number of carbonyl (C=O) groups excluding carboxylic acids is 1. The van der Waals surface area contributed by atoms with Crippen molar-refractivity contribution in [3.63, 3.8) is 0 Å². The molecule has 0 atom stereocenters. The highest BCUT2D eigenvalue weighted by atomic mass is 16.3. The summed E-state index contributed by atoms with van der Waals surface area (Å²) in [5.41, 5.74) is 4.77. The van der Waals surface area contributed by atoms with Crippen molar-refractivity contribution in [3.8, 4) is 0 Å². The molecule has 72 valence electrons. The van der Waals surface area contributed by atoms with E-state index < -0.39 is 5.54 Å². The summed E-state index contributed by atoms with van der Waals surface area (Å²) in [5, 5.41) is 8.65. The van der Waals surface area contributed by atoms with E-state index in [4.69, 9.17) is 10.8 Å². The van der Waals surface area contributed by atoms with Gasteiger partial charge in [-0.2, -0.15) is 0 Å². The molecular formula is C8H18N2O2. The van der Waals surface area contributed by atoms with E-state index in [9.17, 15) is 4.79 Å². The van der Waals surface area contributed by atoms with E-state index in [-0.39, 0.29) is 12.5 Å². The van der Waals surface area contributed by atoms with Crippen molar-refractivity contribution in [2.24, 2.45) is 5.73 Å². The van der Waals surface area contributed by atoms with Crippen LogP contribution in [0.15, 0.2) is 0 Å². The van der Waals surface area contributed by atoms with Crippen LogP contribution in [0.2, 0.25) is 0 Å². The van der Waals surface area contributed by atoms with Crippen LogP contribution in [0.3, 0.4) is 0 Å². The first-order valence-corrected chi connectivity index (χ1v) is 4.12. The molecule has 0 rings (SSSR count). The van der Waals surface area contributed by atoms with Gasteiger partial charge in [0, 0.05) is 13.1 Å². The summed E-state index contributed by atoms with van der Waals surface area (Å²) < 4.78 is 0. The summed E-state index contributed by atoms with van der Waals surface area (Å²) >= 11 is 0. The standard InChI is InChI=1S/C8H18N2O2/c1-4-10(5-6-11)7(12)8(2,3)9/h11H,4-6,9H2,1-3H3. The molecule has 0 fully saturated rings. The van der Waals surface area contributed by atoms with Gasteiger partial charge in [0.15, 0.2) is 0 Å². The molecule has 0 aliphatic carbocycles. The number of hydrogen-bond acceptors (Lipinski definition) is 3. The lowest BCUT2D eigenvalue weighted by Gasteiger charge is -2.27. The van der Waals surface area contributed by atoms with Crippen LogP contribution < -0.4 is 5.73 Å². The lowest BCUT2D eigenvalue weighted by atomic mass is 10.1. The van der Waals surface area contributed by atoms with E-state index in [1.165, 1.54) is 0 Å². The van der Waals surface area contributed by atoms with Crippen LogP contribution in [-0.4, -0.2) is 41.1 Å². The van der Waals surface area contributed by atoms with E-state index in [2.05, 4.69) is 0 Å². The van der Waals surface area contributed by atoms with Gasteiger partial charge in [-0.3, -0.25) is 4.79 Å². The first-order chi connectivity index (χ1) is 5.43. The molecule has 4 heteroatoms. The molecule has 0 heterocycles. The molecule has 12 heavy (non-hydrogen) atoms. The lowest BCUT2D eigenvalue weighted by Crippen LogP contribution is -2.51. The zero-order valence-electron chi connectivity index (χ0n) is 8.00. The Hall–Kier alpha value is -0.610. The van der Waals surface area contributed by atoms with Gasteiger partial charge in [0.05, 0.1) is 12.1 Å². The topological polar surface area (TPSA) is 66.6 Å². The summed E-state index contributed by atoms with van der Waals surface area (Å²) in [6.45, 7) is 6.11. The number of likely N-dealkylation sites (N-methyl/N-ethyl adjacent to an activating group) is 1. The van der Waals surface area contributed by atoms with Crippen molar-refractivity contribution < 1.29 is 9.90 Å². The second-order valence-electron chi connectivity index (χ2n) is 3.33. The maximum absolute atomic E-state index is 11.5. The number of aliphatic hydroxyl groups is 1. The van der Waals surface area contributed by atoms with Gasteiger partial charge >= 0.3 is 0 Å². The van der Waals surface area contributed by atoms with Gasteiger partial charge in [-0.1, -0.05) is 0 Å². The number of aliphatic hydroxyl groups excluding tert-OH is 1. The van der Waals surface area contributed by atoms with Crippen molar-refractivity contribution >= 4 is 5.91 Å². The second-order valence-corrected chi connectivity index (χ2v) is 3.33. The van der Waals surface area contributed by atoms with Crippen LogP contribution in [0.5, 0.6) is 0 Å². The molecule has 0 unspecified atom stereocenters. The third-order valence-corrected chi connectivity index (χ3v) is 1.59. The predicted octanol–water partition coefficient (Wildman–Crippen LogP) is -0.435. The molecule has 0 aromatic heterocycles.